The summed E-state index contributed by atoms with van der Waals surface area (Å²) in [5.74, 6) is 2.56. The molecule has 1 atom stereocenters. The lowest BCUT2D eigenvalue weighted by Gasteiger charge is -2.27. The molecule has 0 fully saturated rings. The van der Waals surface area contributed by atoms with E-state index in [-0.39, 0.29) is 6.04 Å². The topological polar surface area (TPSA) is 52.6 Å². The fraction of sp³-hybridized carbons (Fsp3) is 0.261. The number of benzene rings is 2. The van der Waals surface area contributed by atoms with Crippen LogP contribution in [0.4, 0.5) is 0 Å². The molecule has 0 radical (unpaired) electrons. The molecule has 0 aliphatic carbocycles. The van der Waals surface area contributed by atoms with Gasteiger partial charge in [-0.25, -0.2) is 0 Å². The van der Waals surface area contributed by atoms with E-state index in [2.05, 4.69) is 46.7 Å². The number of pyridine rings is 1. The Hall–Kier alpha value is -3.05. The maximum absolute atomic E-state index is 5.58. The molecule has 3 heterocycles. The number of hydrogen-bond donors (Lipinski definition) is 1. The van der Waals surface area contributed by atoms with Crippen LogP contribution in [-0.4, -0.2) is 25.4 Å². The van der Waals surface area contributed by atoms with Crippen molar-refractivity contribution >= 4 is 0 Å². The number of methoxy groups -OCH3 is 1. The maximum atomic E-state index is 5.58. The van der Waals surface area contributed by atoms with Crippen molar-refractivity contribution in [2.45, 2.75) is 18.9 Å². The van der Waals surface area contributed by atoms with Crippen LogP contribution in [0.25, 0.3) is 11.1 Å². The Morgan fingerprint density at radius 3 is 2.75 bits per heavy atom. The number of aromatic nitrogens is 1. The monoisotopic (exact) mass is 374 g/mol. The van der Waals surface area contributed by atoms with Crippen LogP contribution in [0.15, 0.2) is 54.9 Å². The van der Waals surface area contributed by atoms with Gasteiger partial charge in [0.05, 0.1) is 7.11 Å². The predicted molar refractivity (Wildman–Crippen MR) is 107 cm³/mol. The van der Waals surface area contributed by atoms with Gasteiger partial charge in [-0.2, -0.15) is 0 Å². The second kappa shape index (κ2) is 7.17. The molecule has 5 nitrogen and oxygen atoms in total. The van der Waals surface area contributed by atoms with Crippen LogP contribution < -0.4 is 19.5 Å². The molecular formula is C23H22N2O3. The van der Waals surface area contributed by atoms with Gasteiger partial charge in [0.2, 0.25) is 6.79 Å². The van der Waals surface area contributed by atoms with E-state index in [1.165, 1.54) is 16.7 Å². The van der Waals surface area contributed by atoms with E-state index in [4.69, 9.17) is 14.2 Å². The van der Waals surface area contributed by atoms with E-state index in [1.54, 1.807) is 13.3 Å². The average Bonchev–Trinajstić information content (AvgIpc) is 3.20. The molecule has 5 heteroatoms. The molecule has 0 bridgehead atoms. The third-order valence-corrected chi connectivity index (χ3v) is 5.50. The summed E-state index contributed by atoms with van der Waals surface area (Å²) in [5.41, 5.74) is 6.06. The van der Waals surface area contributed by atoms with E-state index in [9.17, 15) is 0 Å². The molecule has 0 saturated heterocycles. The zero-order chi connectivity index (χ0) is 18.9. The Bertz CT molecular complexity index is 1000. The number of fused-ring (bicyclic) bond motifs is 2. The molecule has 1 unspecified atom stereocenters. The highest BCUT2D eigenvalue weighted by molar-refractivity contribution is 5.69. The number of ether oxygens (including phenoxy) is 3. The van der Waals surface area contributed by atoms with Gasteiger partial charge in [-0.3, -0.25) is 4.98 Å². The molecule has 2 aromatic carbocycles. The van der Waals surface area contributed by atoms with Gasteiger partial charge in [-0.1, -0.05) is 24.3 Å². The van der Waals surface area contributed by atoms with Crippen LogP contribution in [0, 0.1) is 0 Å². The fourth-order valence-corrected chi connectivity index (χ4v) is 4.05. The van der Waals surface area contributed by atoms with Gasteiger partial charge < -0.3 is 19.5 Å². The summed E-state index contributed by atoms with van der Waals surface area (Å²) in [6.45, 7) is 1.29. The summed E-state index contributed by atoms with van der Waals surface area (Å²) in [6.07, 6.45) is 5.53. The van der Waals surface area contributed by atoms with E-state index >= 15 is 0 Å². The first-order valence-corrected chi connectivity index (χ1v) is 9.55. The van der Waals surface area contributed by atoms with Crippen LogP contribution in [0.2, 0.25) is 0 Å². The van der Waals surface area contributed by atoms with E-state index in [0.29, 0.717) is 6.79 Å². The van der Waals surface area contributed by atoms with Gasteiger partial charge in [0.1, 0.15) is 5.75 Å². The molecular weight excluding hydrogens is 352 g/mol. The van der Waals surface area contributed by atoms with Crippen molar-refractivity contribution in [1.29, 1.82) is 0 Å². The fourth-order valence-electron chi connectivity index (χ4n) is 4.05. The third-order valence-electron chi connectivity index (χ3n) is 5.50. The van der Waals surface area contributed by atoms with Gasteiger partial charge >= 0.3 is 0 Å². The standard InChI is InChI=1S/C23H22N2O3/c1-26-21-7-8-24-13-19(21)16-4-2-15(3-5-16)10-20-18-12-23-22(27-14-28-23)11-17(18)6-9-25-20/h2-5,7-8,11-13,20,25H,6,9-10,14H2,1H3. The van der Waals surface area contributed by atoms with Crippen molar-refractivity contribution in [1.82, 2.24) is 10.3 Å². The first-order valence-electron chi connectivity index (χ1n) is 9.55. The molecule has 2 aliphatic rings. The molecule has 1 aromatic heterocycles. The lowest BCUT2D eigenvalue weighted by molar-refractivity contribution is 0.174. The van der Waals surface area contributed by atoms with Crippen molar-refractivity contribution in [2.24, 2.45) is 0 Å². The van der Waals surface area contributed by atoms with Crippen molar-refractivity contribution in [3.63, 3.8) is 0 Å². The smallest absolute Gasteiger partial charge is 0.231 e. The molecule has 142 valence electrons. The van der Waals surface area contributed by atoms with Crippen molar-refractivity contribution in [3.05, 3.63) is 71.5 Å². The third kappa shape index (κ3) is 3.08. The molecule has 0 spiro atoms. The van der Waals surface area contributed by atoms with Gasteiger partial charge in [0.25, 0.3) is 0 Å². The largest absolute Gasteiger partial charge is 0.496 e. The summed E-state index contributed by atoms with van der Waals surface area (Å²) in [7, 11) is 1.69. The van der Waals surface area contributed by atoms with Crippen LogP contribution >= 0.6 is 0 Å². The minimum absolute atomic E-state index is 0.275. The van der Waals surface area contributed by atoms with E-state index in [1.807, 2.05) is 12.3 Å². The zero-order valence-electron chi connectivity index (χ0n) is 15.8. The quantitative estimate of drug-likeness (QED) is 0.750. The number of nitrogens with one attached hydrogen (secondary N) is 1. The van der Waals surface area contributed by atoms with Crippen molar-refractivity contribution < 1.29 is 14.2 Å². The summed E-state index contributed by atoms with van der Waals surface area (Å²) in [5, 5.41) is 3.65. The first kappa shape index (κ1) is 17.1. The second-order valence-corrected chi connectivity index (χ2v) is 7.14. The highest BCUT2D eigenvalue weighted by atomic mass is 16.7. The number of nitrogens with zero attached hydrogens (tertiary/aromatic N) is 1. The minimum atomic E-state index is 0.275. The Morgan fingerprint density at radius 2 is 1.93 bits per heavy atom. The molecule has 5 rings (SSSR count). The lowest BCUT2D eigenvalue weighted by atomic mass is 9.89. The van der Waals surface area contributed by atoms with E-state index < -0.39 is 0 Å². The van der Waals surface area contributed by atoms with Crippen LogP contribution in [0.5, 0.6) is 17.2 Å². The minimum Gasteiger partial charge on any atom is -0.496 e. The molecule has 0 amide bonds. The highest BCUT2D eigenvalue weighted by Crippen LogP contribution is 2.39. The zero-order valence-corrected chi connectivity index (χ0v) is 15.8. The van der Waals surface area contributed by atoms with Crippen LogP contribution in [0.1, 0.15) is 22.7 Å². The number of rotatable bonds is 4. The van der Waals surface area contributed by atoms with Gasteiger partial charge in [-0.05, 0) is 59.8 Å². The molecule has 28 heavy (non-hydrogen) atoms. The van der Waals surface area contributed by atoms with E-state index in [0.717, 1.165) is 47.8 Å². The molecule has 3 aromatic rings. The van der Waals surface area contributed by atoms with Crippen molar-refractivity contribution in [3.8, 4) is 28.4 Å². The Morgan fingerprint density at radius 1 is 1.11 bits per heavy atom. The van der Waals surface area contributed by atoms with Crippen LogP contribution in [-0.2, 0) is 12.8 Å². The van der Waals surface area contributed by atoms with Crippen LogP contribution in [0.3, 0.4) is 0 Å². The summed E-state index contributed by atoms with van der Waals surface area (Å²) in [4.78, 5) is 4.23. The second-order valence-electron chi connectivity index (χ2n) is 7.14. The summed E-state index contributed by atoms with van der Waals surface area (Å²) < 4.78 is 16.6. The molecule has 2 aliphatic heterocycles. The highest BCUT2D eigenvalue weighted by Gasteiger charge is 2.25. The summed E-state index contributed by atoms with van der Waals surface area (Å²) in [6, 6.07) is 15.1. The first-order chi connectivity index (χ1) is 13.8. The Kier molecular flexibility index (Phi) is 4.37. The van der Waals surface area contributed by atoms with Gasteiger partial charge in [0, 0.05) is 24.0 Å². The Balaban J connectivity index is 1.39. The van der Waals surface area contributed by atoms with Gasteiger partial charge in [0.15, 0.2) is 11.5 Å². The average molecular weight is 374 g/mol. The number of hydrogen-bond acceptors (Lipinski definition) is 5. The SMILES string of the molecule is COc1ccncc1-c1ccc(CC2NCCc3cc4c(cc32)OCO4)cc1. The molecule has 1 N–H and O–H groups in total. The van der Waals surface area contributed by atoms with Gasteiger partial charge in [-0.15, -0.1) is 0 Å². The lowest BCUT2D eigenvalue weighted by Crippen LogP contribution is -2.31. The van der Waals surface area contributed by atoms with Crippen molar-refractivity contribution in [2.75, 3.05) is 20.4 Å². The predicted octanol–water partition coefficient (Wildman–Crippen LogP) is 3.92. The molecule has 0 saturated carbocycles. The maximum Gasteiger partial charge on any atom is 0.231 e. The normalized spacial score (nSPS) is 17.2. The summed E-state index contributed by atoms with van der Waals surface area (Å²) >= 11 is 0. The Labute approximate surface area is 164 Å².